The van der Waals surface area contributed by atoms with Gasteiger partial charge < -0.3 is 0 Å². The molecule has 0 saturated carbocycles. The van der Waals surface area contributed by atoms with Crippen molar-refractivity contribution in [2.75, 3.05) is 0 Å². The Hall–Kier alpha value is -2.34. The summed E-state index contributed by atoms with van der Waals surface area (Å²) < 4.78 is 55.0. The predicted molar refractivity (Wildman–Crippen MR) is 79.0 cm³/mol. The fourth-order valence-corrected chi connectivity index (χ4v) is 2.34. The highest BCUT2D eigenvalue weighted by atomic mass is 35.5. The Morgan fingerprint density at radius 3 is 2.09 bits per heavy atom. The molecule has 118 valence electrons. The predicted octanol–water partition coefficient (Wildman–Crippen LogP) is 5.35. The van der Waals surface area contributed by atoms with E-state index in [0.717, 1.165) is 0 Å². The number of halogens is 5. The lowest BCUT2D eigenvalue weighted by Crippen LogP contribution is -2.08. The molecule has 0 unspecified atom stereocenters. The Morgan fingerprint density at radius 1 is 0.913 bits per heavy atom. The summed E-state index contributed by atoms with van der Waals surface area (Å²) >= 11 is 5.74. The molecular formula is C16H9ClF4N2. The number of rotatable bonds is 2. The molecule has 23 heavy (non-hydrogen) atoms. The minimum atomic E-state index is -4.77. The summed E-state index contributed by atoms with van der Waals surface area (Å²) in [6.45, 7) is 0. The standard InChI is InChI=1S/C16H9ClF4N2/c17-11-6-8-12(9-7-11)23-15(18)13(10-4-2-1-3-5-10)14(22-23)16(19,20)21/h1-9H. The zero-order chi connectivity index (χ0) is 16.6. The molecule has 0 fully saturated rings. The number of aromatic nitrogens is 2. The molecule has 1 heterocycles. The first-order chi connectivity index (χ1) is 10.9. The van der Waals surface area contributed by atoms with Crippen LogP contribution in [-0.2, 0) is 6.18 Å². The Kier molecular flexibility index (Phi) is 3.85. The molecule has 0 radical (unpaired) electrons. The van der Waals surface area contributed by atoms with E-state index >= 15 is 0 Å². The fraction of sp³-hybridized carbons (Fsp3) is 0.0625. The number of hydrogen-bond donors (Lipinski definition) is 0. The normalized spacial score (nSPS) is 11.7. The van der Waals surface area contributed by atoms with Crippen LogP contribution in [0.4, 0.5) is 17.6 Å². The highest BCUT2D eigenvalue weighted by Crippen LogP contribution is 2.38. The van der Waals surface area contributed by atoms with Gasteiger partial charge >= 0.3 is 6.18 Å². The lowest BCUT2D eigenvalue weighted by Gasteiger charge is -2.05. The van der Waals surface area contributed by atoms with Crippen LogP contribution in [0.3, 0.4) is 0 Å². The van der Waals surface area contributed by atoms with Gasteiger partial charge in [-0.25, -0.2) is 4.68 Å². The van der Waals surface area contributed by atoms with E-state index in [-0.39, 0.29) is 11.3 Å². The molecule has 0 aliphatic rings. The van der Waals surface area contributed by atoms with Crippen molar-refractivity contribution in [3.05, 3.63) is 71.3 Å². The van der Waals surface area contributed by atoms with E-state index in [1.807, 2.05) is 0 Å². The Labute approximate surface area is 133 Å². The van der Waals surface area contributed by atoms with Crippen molar-refractivity contribution in [1.29, 1.82) is 0 Å². The Morgan fingerprint density at radius 2 is 1.52 bits per heavy atom. The zero-order valence-corrected chi connectivity index (χ0v) is 12.2. The van der Waals surface area contributed by atoms with Gasteiger partial charge in [-0.15, -0.1) is 0 Å². The van der Waals surface area contributed by atoms with Gasteiger partial charge in [0.25, 0.3) is 0 Å². The highest BCUT2D eigenvalue weighted by molar-refractivity contribution is 6.30. The average molecular weight is 341 g/mol. The molecule has 0 saturated heterocycles. The topological polar surface area (TPSA) is 17.8 Å². The van der Waals surface area contributed by atoms with Crippen LogP contribution in [-0.4, -0.2) is 9.78 Å². The monoisotopic (exact) mass is 340 g/mol. The zero-order valence-electron chi connectivity index (χ0n) is 11.5. The van der Waals surface area contributed by atoms with E-state index < -0.39 is 23.4 Å². The van der Waals surface area contributed by atoms with Crippen molar-refractivity contribution in [2.24, 2.45) is 0 Å². The van der Waals surface area contributed by atoms with Gasteiger partial charge in [-0.2, -0.15) is 22.7 Å². The largest absolute Gasteiger partial charge is 0.435 e. The van der Waals surface area contributed by atoms with Gasteiger partial charge in [0.1, 0.15) is 0 Å². The Balaban J connectivity index is 2.25. The van der Waals surface area contributed by atoms with Crippen LogP contribution in [0.1, 0.15) is 5.69 Å². The molecule has 0 N–H and O–H groups in total. The summed E-state index contributed by atoms with van der Waals surface area (Å²) in [7, 11) is 0. The van der Waals surface area contributed by atoms with Crippen LogP contribution < -0.4 is 0 Å². The number of benzene rings is 2. The second-order valence-electron chi connectivity index (χ2n) is 4.77. The van der Waals surface area contributed by atoms with E-state index in [1.165, 1.54) is 48.5 Å². The molecule has 2 aromatic carbocycles. The van der Waals surface area contributed by atoms with Crippen molar-refractivity contribution in [1.82, 2.24) is 9.78 Å². The molecule has 3 rings (SSSR count). The SMILES string of the molecule is Fc1c(-c2ccccc2)c(C(F)(F)F)nn1-c1ccc(Cl)cc1. The minimum Gasteiger partial charge on any atom is -0.206 e. The van der Waals surface area contributed by atoms with E-state index in [9.17, 15) is 17.6 Å². The maximum Gasteiger partial charge on any atom is 0.435 e. The van der Waals surface area contributed by atoms with Crippen molar-refractivity contribution >= 4 is 11.6 Å². The average Bonchev–Trinajstić information content (AvgIpc) is 2.87. The second-order valence-corrected chi connectivity index (χ2v) is 5.20. The van der Waals surface area contributed by atoms with E-state index in [0.29, 0.717) is 9.70 Å². The van der Waals surface area contributed by atoms with Gasteiger partial charge in [0.05, 0.1) is 11.3 Å². The first-order valence-corrected chi connectivity index (χ1v) is 6.93. The van der Waals surface area contributed by atoms with Crippen LogP contribution in [0.15, 0.2) is 54.6 Å². The van der Waals surface area contributed by atoms with E-state index in [2.05, 4.69) is 5.10 Å². The summed E-state index contributed by atoms with van der Waals surface area (Å²) in [6.07, 6.45) is -4.77. The van der Waals surface area contributed by atoms with Crippen molar-refractivity contribution < 1.29 is 17.6 Å². The summed E-state index contributed by atoms with van der Waals surface area (Å²) in [5, 5.41) is 3.82. The Bertz CT molecular complexity index is 824. The molecule has 3 aromatic rings. The molecule has 0 aliphatic carbocycles. The van der Waals surface area contributed by atoms with Gasteiger partial charge in [-0.05, 0) is 29.8 Å². The minimum absolute atomic E-state index is 0.109. The molecule has 0 spiro atoms. The quantitative estimate of drug-likeness (QED) is 0.575. The van der Waals surface area contributed by atoms with E-state index in [4.69, 9.17) is 11.6 Å². The van der Waals surface area contributed by atoms with Crippen molar-refractivity contribution in [2.45, 2.75) is 6.18 Å². The van der Waals surface area contributed by atoms with Crippen molar-refractivity contribution in [3.63, 3.8) is 0 Å². The molecule has 0 aliphatic heterocycles. The fourth-order valence-electron chi connectivity index (χ4n) is 2.21. The first-order valence-electron chi connectivity index (χ1n) is 6.55. The van der Waals surface area contributed by atoms with Gasteiger partial charge in [-0.3, -0.25) is 0 Å². The number of alkyl halides is 3. The maximum absolute atomic E-state index is 14.7. The third kappa shape index (κ3) is 2.94. The van der Waals surface area contributed by atoms with Crippen LogP contribution >= 0.6 is 11.6 Å². The van der Waals surface area contributed by atoms with Crippen LogP contribution in [0.25, 0.3) is 16.8 Å². The summed E-state index contributed by atoms with van der Waals surface area (Å²) in [4.78, 5) is 0. The van der Waals surface area contributed by atoms with E-state index in [1.54, 1.807) is 6.07 Å². The molecular weight excluding hydrogens is 332 g/mol. The summed E-state index contributed by atoms with van der Waals surface area (Å²) in [5.41, 5.74) is -1.58. The molecule has 1 aromatic heterocycles. The van der Waals surface area contributed by atoms with Crippen molar-refractivity contribution in [3.8, 4) is 16.8 Å². The van der Waals surface area contributed by atoms with Gasteiger partial charge in [-0.1, -0.05) is 41.9 Å². The van der Waals surface area contributed by atoms with Gasteiger partial charge in [0.2, 0.25) is 5.95 Å². The van der Waals surface area contributed by atoms with Gasteiger partial charge in [0, 0.05) is 5.02 Å². The third-order valence-corrected chi connectivity index (χ3v) is 3.48. The molecule has 0 atom stereocenters. The number of nitrogens with zero attached hydrogens (tertiary/aromatic N) is 2. The van der Waals surface area contributed by atoms with Crippen LogP contribution in [0.2, 0.25) is 5.02 Å². The molecule has 7 heteroatoms. The molecule has 0 amide bonds. The molecule has 0 bridgehead atoms. The second kappa shape index (κ2) is 5.70. The third-order valence-electron chi connectivity index (χ3n) is 3.23. The maximum atomic E-state index is 14.7. The van der Waals surface area contributed by atoms with Crippen LogP contribution in [0, 0.1) is 5.95 Å². The number of hydrogen-bond acceptors (Lipinski definition) is 1. The highest BCUT2D eigenvalue weighted by Gasteiger charge is 2.40. The summed E-state index contributed by atoms with van der Waals surface area (Å²) in [5.74, 6) is -1.08. The lowest BCUT2D eigenvalue weighted by molar-refractivity contribution is -0.140. The summed E-state index contributed by atoms with van der Waals surface area (Å²) in [6, 6.07) is 13.2. The smallest absolute Gasteiger partial charge is 0.206 e. The van der Waals surface area contributed by atoms with Gasteiger partial charge in [0.15, 0.2) is 5.69 Å². The molecule has 2 nitrogen and oxygen atoms in total. The lowest BCUT2D eigenvalue weighted by atomic mass is 10.1. The van der Waals surface area contributed by atoms with Crippen LogP contribution in [0.5, 0.6) is 0 Å². The first kappa shape index (κ1) is 15.6.